The molecule has 3 N–H and O–H groups in total. The number of fused-ring (bicyclic) bond motifs is 2. The summed E-state index contributed by atoms with van der Waals surface area (Å²) < 4.78 is 17.2. The van der Waals surface area contributed by atoms with Crippen molar-refractivity contribution in [3.05, 3.63) is 117 Å². The topological polar surface area (TPSA) is 126 Å². The molecular formula is C39H41FN8O3. The van der Waals surface area contributed by atoms with Crippen molar-refractivity contribution in [1.29, 1.82) is 0 Å². The maximum atomic E-state index is 14.5. The number of hydrogen-bond donors (Lipinski definition) is 3. The van der Waals surface area contributed by atoms with Gasteiger partial charge in [0.25, 0.3) is 11.5 Å². The van der Waals surface area contributed by atoms with E-state index in [2.05, 4.69) is 55.1 Å². The summed E-state index contributed by atoms with van der Waals surface area (Å²) in [5.74, 6) is -0.594. The number of carbonyl (C=O) groups is 1. The number of nitrogens with zero attached hydrogens (tertiary/aromatic N) is 5. The third kappa shape index (κ3) is 6.81. The molecule has 12 heteroatoms. The number of rotatable bonds is 7. The third-order valence-electron chi connectivity index (χ3n) is 10.4. The monoisotopic (exact) mass is 688 g/mol. The first kappa shape index (κ1) is 33.0. The van der Waals surface area contributed by atoms with Crippen LogP contribution in [0, 0.1) is 5.82 Å². The first-order valence-electron chi connectivity index (χ1n) is 17.9. The molecule has 51 heavy (non-hydrogen) atoms. The SMILES string of the molecule is O=C(NC1CCC(n2c(=O)c3cc(F)cnc3n(-c3cccc(-c4ccc(CN5CCCNCC5)cc4)c3)c2=O)CC1)C1=NC2C=CC=CC2N1. The number of pyridine rings is 1. The fourth-order valence-electron chi connectivity index (χ4n) is 7.74. The van der Waals surface area contributed by atoms with E-state index in [1.807, 2.05) is 42.5 Å². The summed E-state index contributed by atoms with van der Waals surface area (Å²) in [6.45, 7) is 5.04. The minimum atomic E-state index is -0.651. The van der Waals surface area contributed by atoms with Gasteiger partial charge in [0.15, 0.2) is 11.5 Å². The van der Waals surface area contributed by atoms with Crippen LogP contribution in [0.15, 0.2) is 99.7 Å². The Balaban J connectivity index is 1.04. The van der Waals surface area contributed by atoms with Gasteiger partial charge in [-0.05, 0) is 80.1 Å². The van der Waals surface area contributed by atoms with Crippen LogP contribution in [0.25, 0.3) is 27.8 Å². The van der Waals surface area contributed by atoms with Gasteiger partial charge in [0.05, 0.1) is 29.4 Å². The van der Waals surface area contributed by atoms with Crippen LogP contribution >= 0.6 is 0 Å². The zero-order valence-electron chi connectivity index (χ0n) is 28.3. The Morgan fingerprint density at radius 2 is 1.76 bits per heavy atom. The number of halogens is 1. The van der Waals surface area contributed by atoms with E-state index in [1.165, 1.54) is 14.7 Å². The molecule has 2 aromatic carbocycles. The first-order chi connectivity index (χ1) is 24.9. The zero-order valence-corrected chi connectivity index (χ0v) is 28.3. The first-order valence-corrected chi connectivity index (χ1v) is 17.9. The van der Waals surface area contributed by atoms with E-state index in [9.17, 15) is 18.8 Å². The fourth-order valence-corrected chi connectivity index (χ4v) is 7.74. The lowest BCUT2D eigenvalue weighted by molar-refractivity contribution is -0.115. The van der Waals surface area contributed by atoms with Crippen molar-refractivity contribution in [2.24, 2.45) is 4.99 Å². The quantitative estimate of drug-likeness (QED) is 0.271. The van der Waals surface area contributed by atoms with Crippen molar-refractivity contribution < 1.29 is 9.18 Å². The van der Waals surface area contributed by atoms with E-state index in [4.69, 9.17) is 0 Å². The molecule has 262 valence electrons. The van der Waals surface area contributed by atoms with E-state index in [-0.39, 0.29) is 35.1 Å². The number of amides is 1. The number of benzene rings is 2. The van der Waals surface area contributed by atoms with Crippen molar-refractivity contribution in [3.8, 4) is 16.8 Å². The lowest BCUT2D eigenvalue weighted by Gasteiger charge is -2.30. The number of aliphatic imine (C=N–C) groups is 1. The summed E-state index contributed by atoms with van der Waals surface area (Å²) in [6.07, 6.45) is 12.1. The second-order valence-electron chi connectivity index (χ2n) is 13.8. The van der Waals surface area contributed by atoms with Gasteiger partial charge < -0.3 is 16.0 Å². The number of allylic oxidation sites excluding steroid dienone is 2. The van der Waals surface area contributed by atoms with Crippen molar-refractivity contribution >= 4 is 22.8 Å². The van der Waals surface area contributed by atoms with Gasteiger partial charge >= 0.3 is 5.69 Å². The lowest BCUT2D eigenvalue weighted by atomic mass is 9.91. The molecule has 1 saturated carbocycles. The molecule has 0 spiro atoms. The highest BCUT2D eigenvalue weighted by Crippen LogP contribution is 2.29. The van der Waals surface area contributed by atoms with Gasteiger partial charge in [-0.3, -0.25) is 24.0 Å². The Labute approximate surface area is 294 Å². The largest absolute Gasteiger partial charge is 0.357 e. The Hall–Kier alpha value is -5.20. The van der Waals surface area contributed by atoms with Crippen molar-refractivity contribution in [3.63, 3.8) is 0 Å². The highest BCUT2D eigenvalue weighted by molar-refractivity contribution is 6.38. The van der Waals surface area contributed by atoms with Gasteiger partial charge in [-0.2, -0.15) is 0 Å². The Bertz CT molecular complexity index is 2160. The van der Waals surface area contributed by atoms with Gasteiger partial charge in [-0.25, -0.2) is 18.7 Å². The molecule has 2 aromatic heterocycles. The average molecular weight is 689 g/mol. The molecule has 8 rings (SSSR count). The molecule has 1 amide bonds. The summed E-state index contributed by atoms with van der Waals surface area (Å²) >= 11 is 0. The molecule has 2 aliphatic carbocycles. The molecular weight excluding hydrogens is 647 g/mol. The number of hydrogen-bond acceptors (Lipinski definition) is 8. The summed E-state index contributed by atoms with van der Waals surface area (Å²) in [7, 11) is 0. The van der Waals surface area contributed by atoms with Crippen LogP contribution in [0.5, 0.6) is 0 Å². The molecule has 0 radical (unpaired) electrons. The second kappa shape index (κ2) is 14.2. The number of nitrogens with one attached hydrogen (secondary N) is 3. The molecule has 4 heterocycles. The van der Waals surface area contributed by atoms with Gasteiger partial charge in [0.2, 0.25) is 0 Å². The molecule has 4 aliphatic rings. The standard InChI is InChI=1S/C39H41FN8O3/c40-28-22-32-36(42-23-28)47(31-6-3-5-27(21-31)26-11-9-25(10-12-26)24-46-19-4-17-41-18-20-46)39(51)48(38(32)50)30-15-13-29(14-16-30)43-37(49)35-44-33-7-1-2-8-34(33)45-35/h1-3,5-12,21-23,29-30,33-34,41H,4,13-20,24H2,(H,43,49)(H,44,45). The van der Waals surface area contributed by atoms with Crippen LogP contribution in [0.2, 0.25) is 0 Å². The Morgan fingerprint density at radius 3 is 2.59 bits per heavy atom. The van der Waals surface area contributed by atoms with Crippen LogP contribution in [0.3, 0.4) is 0 Å². The van der Waals surface area contributed by atoms with E-state index < -0.39 is 23.1 Å². The Kier molecular flexibility index (Phi) is 9.18. The Morgan fingerprint density at radius 1 is 0.941 bits per heavy atom. The van der Waals surface area contributed by atoms with Gasteiger partial charge in [0, 0.05) is 31.7 Å². The van der Waals surface area contributed by atoms with Crippen molar-refractivity contribution in [2.45, 2.75) is 62.8 Å². The van der Waals surface area contributed by atoms with E-state index in [0.717, 1.165) is 62.5 Å². The van der Waals surface area contributed by atoms with E-state index >= 15 is 0 Å². The van der Waals surface area contributed by atoms with E-state index in [1.54, 1.807) is 6.07 Å². The highest BCUT2D eigenvalue weighted by Gasteiger charge is 2.32. The van der Waals surface area contributed by atoms with Crippen LogP contribution < -0.4 is 27.2 Å². The molecule has 4 aromatic rings. The minimum absolute atomic E-state index is 0.0221. The van der Waals surface area contributed by atoms with Gasteiger partial charge in [-0.15, -0.1) is 0 Å². The zero-order chi connectivity index (χ0) is 34.9. The maximum Gasteiger partial charge on any atom is 0.337 e. The molecule has 1 saturated heterocycles. The molecule has 2 aliphatic heterocycles. The van der Waals surface area contributed by atoms with Gasteiger partial charge in [-0.1, -0.05) is 60.7 Å². The summed E-state index contributed by atoms with van der Waals surface area (Å²) in [6, 6.07) is 16.5. The van der Waals surface area contributed by atoms with Crippen LogP contribution in [-0.2, 0) is 11.3 Å². The lowest BCUT2D eigenvalue weighted by Crippen LogP contribution is -2.48. The van der Waals surface area contributed by atoms with Crippen molar-refractivity contribution in [2.75, 3.05) is 26.2 Å². The van der Waals surface area contributed by atoms with Gasteiger partial charge in [0.1, 0.15) is 5.82 Å². The highest BCUT2D eigenvalue weighted by atomic mass is 19.1. The number of carbonyl (C=O) groups excluding carboxylic acids is 1. The maximum absolute atomic E-state index is 14.5. The minimum Gasteiger partial charge on any atom is -0.357 e. The molecule has 11 nitrogen and oxygen atoms in total. The molecule has 2 fully saturated rings. The molecule has 2 atom stereocenters. The average Bonchev–Trinajstić information content (AvgIpc) is 3.43. The summed E-state index contributed by atoms with van der Waals surface area (Å²) in [4.78, 5) is 52.4. The van der Waals surface area contributed by atoms with Crippen molar-refractivity contribution in [1.82, 2.24) is 35.0 Å². The summed E-state index contributed by atoms with van der Waals surface area (Å²) in [5.41, 5.74) is 2.70. The predicted molar refractivity (Wildman–Crippen MR) is 196 cm³/mol. The third-order valence-corrected chi connectivity index (χ3v) is 10.4. The fraction of sp³-hybridized carbons (Fsp3) is 0.359. The number of aromatic nitrogens is 3. The normalized spacial score (nSPS) is 23.4. The van der Waals surface area contributed by atoms with Crippen LogP contribution in [0.1, 0.15) is 43.7 Å². The van der Waals surface area contributed by atoms with Crippen LogP contribution in [0.4, 0.5) is 4.39 Å². The molecule has 2 unspecified atom stereocenters. The predicted octanol–water partition coefficient (Wildman–Crippen LogP) is 3.61. The van der Waals surface area contributed by atoms with E-state index in [0.29, 0.717) is 37.2 Å². The smallest absolute Gasteiger partial charge is 0.337 e. The number of amidine groups is 1. The molecule has 0 bridgehead atoms. The van der Waals surface area contributed by atoms with Crippen LogP contribution in [-0.4, -0.2) is 75.1 Å². The summed E-state index contributed by atoms with van der Waals surface area (Å²) in [5, 5.41) is 9.75. The second-order valence-corrected chi connectivity index (χ2v) is 13.8.